The van der Waals surface area contributed by atoms with Crippen molar-refractivity contribution in [3.63, 3.8) is 0 Å². The number of halogens is 3. The minimum Gasteiger partial charge on any atom is -0.497 e. The smallest absolute Gasteiger partial charge is 0.319 e. The molecule has 0 radical (unpaired) electrons. The molecule has 0 bridgehead atoms. The zero-order chi connectivity index (χ0) is 20.6. The molecule has 2 heterocycles. The molecule has 10 heteroatoms. The first kappa shape index (κ1) is 24.3. The molecule has 0 saturated carbocycles. The standard InChI is InChI=1S/C20H28F2N6O.HI/c1-23-20(26-14-18-24-9-12-28(18)19(21)22)25-13-17(27-10-3-4-11-27)15-5-7-16(29-2)8-6-15;/h5-9,12,17,19H,3-4,10-11,13-14H2,1-2H3,(H2,23,25,26);1H. The summed E-state index contributed by atoms with van der Waals surface area (Å²) in [6.45, 7) is 0.300. The number of aromatic nitrogens is 2. The van der Waals surface area contributed by atoms with E-state index in [2.05, 4.69) is 37.6 Å². The van der Waals surface area contributed by atoms with Crippen molar-refractivity contribution in [1.82, 2.24) is 25.1 Å². The number of nitrogens with zero attached hydrogens (tertiary/aromatic N) is 4. The van der Waals surface area contributed by atoms with E-state index in [4.69, 9.17) is 4.74 Å². The summed E-state index contributed by atoms with van der Waals surface area (Å²) in [6.07, 6.45) is 5.02. The molecule has 3 rings (SSSR count). The monoisotopic (exact) mass is 534 g/mol. The Balaban J connectivity index is 0.00000320. The molecule has 1 aliphatic rings. The van der Waals surface area contributed by atoms with Crippen molar-refractivity contribution < 1.29 is 13.5 Å². The molecule has 1 unspecified atom stereocenters. The maximum absolute atomic E-state index is 13.0. The molecule has 1 aliphatic heterocycles. The summed E-state index contributed by atoms with van der Waals surface area (Å²) >= 11 is 0. The predicted octanol–water partition coefficient (Wildman–Crippen LogP) is 3.41. The lowest BCUT2D eigenvalue weighted by atomic mass is 10.1. The molecule has 2 N–H and O–H groups in total. The minimum atomic E-state index is -2.61. The van der Waals surface area contributed by atoms with Crippen LogP contribution >= 0.6 is 24.0 Å². The van der Waals surface area contributed by atoms with Gasteiger partial charge in [-0.2, -0.15) is 8.78 Å². The van der Waals surface area contributed by atoms with Gasteiger partial charge in [0.25, 0.3) is 0 Å². The van der Waals surface area contributed by atoms with E-state index < -0.39 is 6.55 Å². The maximum atomic E-state index is 13.0. The molecule has 1 aromatic carbocycles. The van der Waals surface area contributed by atoms with E-state index >= 15 is 0 Å². The Morgan fingerprint density at radius 2 is 1.90 bits per heavy atom. The number of nitrogens with one attached hydrogen (secondary N) is 2. The summed E-state index contributed by atoms with van der Waals surface area (Å²) in [5, 5.41) is 6.39. The predicted molar refractivity (Wildman–Crippen MR) is 124 cm³/mol. The molecule has 30 heavy (non-hydrogen) atoms. The van der Waals surface area contributed by atoms with Gasteiger partial charge in [-0.05, 0) is 43.6 Å². The number of imidazole rings is 1. The second-order valence-electron chi connectivity index (χ2n) is 6.87. The van der Waals surface area contributed by atoms with Gasteiger partial charge in [0.15, 0.2) is 5.96 Å². The SMILES string of the molecule is CN=C(NCc1nccn1C(F)F)NCC(c1ccc(OC)cc1)N1CCCC1.I. The lowest BCUT2D eigenvalue weighted by Crippen LogP contribution is -2.42. The summed E-state index contributed by atoms with van der Waals surface area (Å²) in [7, 11) is 3.32. The number of hydrogen-bond donors (Lipinski definition) is 2. The van der Waals surface area contributed by atoms with E-state index in [1.807, 2.05) is 12.1 Å². The number of methoxy groups -OCH3 is 1. The van der Waals surface area contributed by atoms with Crippen LogP contribution in [0.1, 0.15) is 36.8 Å². The zero-order valence-corrected chi connectivity index (χ0v) is 19.6. The van der Waals surface area contributed by atoms with Crippen LogP contribution in [0.25, 0.3) is 0 Å². The number of benzene rings is 1. The quantitative estimate of drug-likeness (QED) is 0.309. The van der Waals surface area contributed by atoms with Gasteiger partial charge in [-0.3, -0.25) is 14.5 Å². The molecular formula is C20H29F2IN6O. The average Bonchev–Trinajstić information content (AvgIpc) is 3.43. The van der Waals surface area contributed by atoms with Gasteiger partial charge < -0.3 is 15.4 Å². The molecule has 166 valence electrons. The van der Waals surface area contributed by atoms with Crippen molar-refractivity contribution in [1.29, 1.82) is 0 Å². The van der Waals surface area contributed by atoms with E-state index in [9.17, 15) is 8.78 Å². The van der Waals surface area contributed by atoms with Gasteiger partial charge in [0.2, 0.25) is 0 Å². The van der Waals surface area contributed by atoms with Gasteiger partial charge >= 0.3 is 6.55 Å². The van der Waals surface area contributed by atoms with E-state index in [1.165, 1.54) is 30.8 Å². The third-order valence-corrected chi connectivity index (χ3v) is 5.14. The van der Waals surface area contributed by atoms with Gasteiger partial charge in [-0.15, -0.1) is 24.0 Å². The highest BCUT2D eigenvalue weighted by molar-refractivity contribution is 14.0. The van der Waals surface area contributed by atoms with Crippen LogP contribution in [-0.4, -0.2) is 54.2 Å². The first-order valence-corrected chi connectivity index (χ1v) is 9.74. The number of guanidine groups is 1. The van der Waals surface area contributed by atoms with E-state index in [0.29, 0.717) is 12.5 Å². The Morgan fingerprint density at radius 3 is 2.50 bits per heavy atom. The molecule has 1 aromatic heterocycles. The van der Waals surface area contributed by atoms with Gasteiger partial charge in [0, 0.05) is 26.0 Å². The largest absolute Gasteiger partial charge is 0.497 e. The fourth-order valence-electron chi connectivity index (χ4n) is 3.57. The second kappa shape index (κ2) is 12.0. The van der Waals surface area contributed by atoms with Crippen LogP contribution in [0, 0.1) is 0 Å². The van der Waals surface area contributed by atoms with Crippen molar-refractivity contribution >= 4 is 29.9 Å². The normalized spacial score (nSPS) is 15.7. The molecule has 1 atom stereocenters. The molecule has 0 spiro atoms. The number of rotatable bonds is 8. The van der Waals surface area contributed by atoms with Gasteiger partial charge in [-0.1, -0.05) is 12.1 Å². The van der Waals surface area contributed by atoms with Crippen LogP contribution in [0.4, 0.5) is 8.78 Å². The highest BCUT2D eigenvalue weighted by Crippen LogP contribution is 2.26. The van der Waals surface area contributed by atoms with E-state index in [1.54, 1.807) is 14.2 Å². The fraction of sp³-hybridized carbons (Fsp3) is 0.500. The minimum absolute atomic E-state index is 0. The molecule has 2 aromatic rings. The number of alkyl halides is 2. The van der Waals surface area contributed by atoms with E-state index in [0.717, 1.165) is 23.4 Å². The number of likely N-dealkylation sites (tertiary alicyclic amines) is 1. The van der Waals surface area contributed by atoms with Crippen molar-refractivity contribution in [2.45, 2.75) is 32.0 Å². The van der Waals surface area contributed by atoms with Crippen LogP contribution in [0.15, 0.2) is 41.7 Å². The Kier molecular flexibility index (Phi) is 9.76. The Morgan fingerprint density at radius 1 is 1.20 bits per heavy atom. The zero-order valence-electron chi connectivity index (χ0n) is 17.2. The summed E-state index contributed by atoms with van der Waals surface area (Å²) in [6, 6.07) is 8.29. The molecule has 0 amide bonds. The maximum Gasteiger partial charge on any atom is 0.319 e. The third kappa shape index (κ3) is 6.27. The number of ether oxygens (including phenoxy) is 1. The topological polar surface area (TPSA) is 66.7 Å². The van der Waals surface area contributed by atoms with Crippen LogP contribution in [0.5, 0.6) is 5.75 Å². The molecule has 1 saturated heterocycles. The summed E-state index contributed by atoms with van der Waals surface area (Å²) in [5.41, 5.74) is 1.20. The lowest BCUT2D eigenvalue weighted by Gasteiger charge is -2.29. The van der Waals surface area contributed by atoms with Crippen LogP contribution in [0.3, 0.4) is 0 Å². The number of aliphatic imine (C=N–C) groups is 1. The van der Waals surface area contributed by atoms with Gasteiger partial charge in [-0.25, -0.2) is 4.98 Å². The Bertz CT molecular complexity index is 793. The summed E-state index contributed by atoms with van der Waals surface area (Å²) < 4.78 is 32.0. The summed E-state index contributed by atoms with van der Waals surface area (Å²) in [5.74, 6) is 1.63. The Hall–Kier alpha value is -1.95. The number of hydrogen-bond acceptors (Lipinski definition) is 4. The van der Waals surface area contributed by atoms with Crippen molar-refractivity contribution in [3.05, 3.63) is 48.0 Å². The molecule has 0 aliphatic carbocycles. The second-order valence-corrected chi connectivity index (χ2v) is 6.87. The summed E-state index contributed by atoms with van der Waals surface area (Å²) in [4.78, 5) is 10.6. The van der Waals surface area contributed by atoms with Gasteiger partial charge in [0.05, 0.1) is 19.7 Å². The van der Waals surface area contributed by atoms with Crippen molar-refractivity contribution in [2.75, 3.05) is 33.8 Å². The van der Waals surface area contributed by atoms with Crippen molar-refractivity contribution in [2.24, 2.45) is 4.99 Å². The fourth-order valence-corrected chi connectivity index (χ4v) is 3.57. The van der Waals surface area contributed by atoms with Gasteiger partial charge in [0.1, 0.15) is 11.6 Å². The first-order chi connectivity index (χ1) is 14.1. The highest BCUT2D eigenvalue weighted by atomic mass is 127. The molecule has 7 nitrogen and oxygen atoms in total. The molecular weight excluding hydrogens is 505 g/mol. The average molecular weight is 534 g/mol. The highest BCUT2D eigenvalue weighted by Gasteiger charge is 2.24. The van der Waals surface area contributed by atoms with Crippen LogP contribution < -0.4 is 15.4 Å². The first-order valence-electron chi connectivity index (χ1n) is 9.74. The Labute approximate surface area is 192 Å². The van der Waals surface area contributed by atoms with E-state index in [-0.39, 0.29) is 42.4 Å². The molecule has 1 fully saturated rings. The van der Waals surface area contributed by atoms with Crippen molar-refractivity contribution in [3.8, 4) is 5.75 Å². The lowest BCUT2D eigenvalue weighted by molar-refractivity contribution is 0.0668. The van der Waals surface area contributed by atoms with Crippen LogP contribution in [0.2, 0.25) is 0 Å². The third-order valence-electron chi connectivity index (χ3n) is 5.14. The van der Waals surface area contributed by atoms with Crippen LogP contribution in [-0.2, 0) is 6.54 Å².